The number of amides is 1. The molecule has 1 aromatic rings. The molecule has 100 valence electrons. The van der Waals surface area contributed by atoms with Crippen molar-refractivity contribution in [2.75, 3.05) is 19.6 Å². The van der Waals surface area contributed by atoms with E-state index >= 15 is 0 Å². The van der Waals surface area contributed by atoms with Gasteiger partial charge in [0.25, 0.3) is 0 Å². The highest BCUT2D eigenvalue weighted by Crippen LogP contribution is 2.08. The zero-order valence-corrected chi connectivity index (χ0v) is 10.9. The third kappa shape index (κ3) is 3.76. The fourth-order valence-corrected chi connectivity index (χ4v) is 2.24. The lowest BCUT2D eigenvalue weighted by Crippen LogP contribution is -2.41. The van der Waals surface area contributed by atoms with Gasteiger partial charge in [-0.2, -0.15) is 5.26 Å². The quantitative estimate of drug-likeness (QED) is 0.876. The Balaban J connectivity index is 1.80. The Morgan fingerprint density at radius 1 is 1.42 bits per heavy atom. The van der Waals surface area contributed by atoms with Gasteiger partial charge in [-0.1, -0.05) is 6.07 Å². The van der Waals surface area contributed by atoms with Gasteiger partial charge in [0.1, 0.15) is 11.8 Å². The molecule has 5 nitrogen and oxygen atoms in total. The molecule has 0 radical (unpaired) electrons. The van der Waals surface area contributed by atoms with E-state index in [-0.39, 0.29) is 5.91 Å². The number of rotatable bonds is 4. The molecule has 1 N–H and O–H groups in total. The summed E-state index contributed by atoms with van der Waals surface area (Å²) < 4.78 is 0. The van der Waals surface area contributed by atoms with Crippen molar-refractivity contribution in [2.24, 2.45) is 0 Å². The van der Waals surface area contributed by atoms with Crippen LogP contribution >= 0.6 is 0 Å². The minimum absolute atomic E-state index is 0.141. The third-order valence-corrected chi connectivity index (χ3v) is 3.30. The number of carbonyl (C=O) groups excluding carboxylic acids is 1. The van der Waals surface area contributed by atoms with Gasteiger partial charge in [-0.15, -0.1) is 0 Å². The summed E-state index contributed by atoms with van der Waals surface area (Å²) in [6, 6.07) is 5.70. The second kappa shape index (κ2) is 6.86. The highest BCUT2D eigenvalue weighted by Gasteiger charge is 2.15. The number of carbonyl (C=O) groups is 1. The van der Waals surface area contributed by atoms with Gasteiger partial charge in [0.2, 0.25) is 5.91 Å². The van der Waals surface area contributed by atoms with Gasteiger partial charge in [0, 0.05) is 31.4 Å². The van der Waals surface area contributed by atoms with Crippen LogP contribution in [0.3, 0.4) is 0 Å². The molecule has 1 aromatic heterocycles. The third-order valence-electron chi connectivity index (χ3n) is 3.30. The van der Waals surface area contributed by atoms with Crippen LogP contribution in [0.15, 0.2) is 18.3 Å². The monoisotopic (exact) mass is 258 g/mol. The molecule has 1 fully saturated rings. The standard InChI is InChI=1S/C14H18N4O/c15-9-13-12(5-4-6-17-13)10-16-11-14(19)18-7-2-1-3-8-18/h4-6,16H,1-3,7-8,10-11H2. The van der Waals surface area contributed by atoms with E-state index in [4.69, 9.17) is 5.26 Å². The second-order valence-corrected chi connectivity index (χ2v) is 4.67. The van der Waals surface area contributed by atoms with Crippen molar-refractivity contribution < 1.29 is 4.79 Å². The summed E-state index contributed by atoms with van der Waals surface area (Å²) in [5.41, 5.74) is 1.25. The number of aromatic nitrogens is 1. The predicted octanol–water partition coefficient (Wildman–Crippen LogP) is 1.06. The molecule has 0 aromatic carbocycles. The van der Waals surface area contributed by atoms with Crippen LogP contribution in [0.1, 0.15) is 30.5 Å². The fraction of sp³-hybridized carbons (Fsp3) is 0.500. The first-order chi connectivity index (χ1) is 9.31. The van der Waals surface area contributed by atoms with Crippen LogP contribution in [0.2, 0.25) is 0 Å². The van der Waals surface area contributed by atoms with Crippen LogP contribution in [-0.2, 0) is 11.3 Å². The van der Waals surface area contributed by atoms with Crippen LogP contribution in [0, 0.1) is 11.3 Å². The van der Waals surface area contributed by atoms with E-state index in [2.05, 4.69) is 16.4 Å². The molecule has 0 saturated carbocycles. The van der Waals surface area contributed by atoms with Crippen molar-refractivity contribution in [3.05, 3.63) is 29.6 Å². The van der Waals surface area contributed by atoms with Gasteiger partial charge in [-0.05, 0) is 25.3 Å². The van der Waals surface area contributed by atoms with Gasteiger partial charge in [0.05, 0.1) is 6.54 Å². The molecule has 0 unspecified atom stereocenters. The number of nitrogens with zero attached hydrogens (tertiary/aromatic N) is 3. The lowest BCUT2D eigenvalue weighted by Gasteiger charge is -2.26. The molecule has 1 aliphatic heterocycles. The lowest BCUT2D eigenvalue weighted by atomic mass is 10.1. The average molecular weight is 258 g/mol. The van der Waals surface area contributed by atoms with Crippen molar-refractivity contribution in [3.8, 4) is 6.07 Å². The number of piperidine rings is 1. The van der Waals surface area contributed by atoms with Gasteiger partial charge >= 0.3 is 0 Å². The molecule has 0 spiro atoms. The average Bonchev–Trinajstić information content (AvgIpc) is 2.48. The van der Waals surface area contributed by atoms with E-state index < -0.39 is 0 Å². The van der Waals surface area contributed by atoms with Gasteiger partial charge in [-0.3, -0.25) is 4.79 Å². The molecule has 2 heterocycles. The van der Waals surface area contributed by atoms with Gasteiger partial charge in [-0.25, -0.2) is 4.98 Å². The van der Waals surface area contributed by atoms with E-state index in [1.54, 1.807) is 12.3 Å². The minimum Gasteiger partial charge on any atom is -0.342 e. The summed E-state index contributed by atoms with van der Waals surface area (Å²) in [7, 11) is 0. The molecule has 2 rings (SSSR count). The lowest BCUT2D eigenvalue weighted by molar-refractivity contribution is -0.131. The fourth-order valence-electron chi connectivity index (χ4n) is 2.24. The van der Waals surface area contributed by atoms with Crippen LogP contribution in [0.25, 0.3) is 0 Å². The first kappa shape index (κ1) is 13.5. The minimum atomic E-state index is 0.141. The second-order valence-electron chi connectivity index (χ2n) is 4.67. The maximum Gasteiger partial charge on any atom is 0.236 e. The van der Waals surface area contributed by atoms with Crippen molar-refractivity contribution in [1.82, 2.24) is 15.2 Å². The molecule has 0 bridgehead atoms. The number of likely N-dealkylation sites (tertiary alicyclic amines) is 1. The zero-order chi connectivity index (χ0) is 13.5. The maximum atomic E-state index is 11.9. The van der Waals surface area contributed by atoms with Crippen LogP contribution in [0.5, 0.6) is 0 Å². The van der Waals surface area contributed by atoms with Crippen LogP contribution < -0.4 is 5.32 Å². The number of nitriles is 1. The Morgan fingerprint density at radius 2 is 2.21 bits per heavy atom. The van der Waals surface area contributed by atoms with Gasteiger partial charge in [0.15, 0.2) is 0 Å². The highest BCUT2D eigenvalue weighted by molar-refractivity contribution is 5.78. The summed E-state index contributed by atoms with van der Waals surface area (Å²) in [5, 5.41) is 12.0. The van der Waals surface area contributed by atoms with Crippen molar-refractivity contribution in [3.63, 3.8) is 0 Å². The van der Waals surface area contributed by atoms with Crippen LogP contribution in [0.4, 0.5) is 0 Å². The van der Waals surface area contributed by atoms with E-state index in [1.165, 1.54) is 6.42 Å². The Bertz CT molecular complexity index is 475. The van der Waals surface area contributed by atoms with Crippen LogP contribution in [-0.4, -0.2) is 35.4 Å². The van der Waals surface area contributed by atoms with E-state index in [1.807, 2.05) is 11.0 Å². The molecular formula is C14H18N4O. The van der Waals surface area contributed by atoms with Crippen molar-refractivity contribution in [2.45, 2.75) is 25.8 Å². The number of nitrogens with one attached hydrogen (secondary N) is 1. The Labute approximate surface area is 113 Å². The molecular weight excluding hydrogens is 240 g/mol. The maximum absolute atomic E-state index is 11.9. The first-order valence-electron chi connectivity index (χ1n) is 6.64. The number of hydrogen-bond donors (Lipinski definition) is 1. The molecule has 0 atom stereocenters. The zero-order valence-electron chi connectivity index (χ0n) is 10.9. The summed E-state index contributed by atoms with van der Waals surface area (Å²) >= 11 is 0. The number of pyridine rings is 1. The first-order valence-corrected chi connectivity index (χ1v) is 6.64. The molecule has 0 aliphatic carbocycles. The molecule has 19 heavy (non-hydrogen) atoms. The van der Waals surface area contributed by atoms with Gasteiger partial charge < -0.3 is 10.2 Å². The summed E-state index contributed by atoms with van der Waals surface area (Å²) in [5.74, 6) is 0.141. The summed E-state index contributed by atoms with van der Waals surface area (Å²) in [4.78, 5) is 17.8. The largest absolute Gasteiger partial charge is 0.342 e. The topological polar surface area (TPSA) is 69.0 Å². The SMILES string of the molecule is N#Cc1ncccc1CNCC(=O)N1CCCCC1. The normalized spacial score (nSPS) is 15.0. The highest BCUT2D eigenvalue weighted by atomic mass is 16.2. The van der Waals surface area contributed by atoms with E-state index in [0.717, 1.165) is 31.5 Å². The Hall–Kier alpha value is -1.93. The molecule has 1 aliphatic rings. The van der Waals surface area contributed by atoms with E-state index in [0.29, 0.717) is 18.8 Å². The smallest absolute Gasteiger partial charge is 0.236 e. The summed E-state index contributed by atoms with van der Waals surface area (Å²) in [6.45, 7) is 2.56. The van der Waals surface area contributed by atoms with Crippen molar-refractivity contribution in [1.29, 1.82) is 5.26 Å². The predicted molar refractivity (Wildman–Crippen MR) is 71.1 cm³/mol. The number of hydrogen-bond acceptors (Lipinski definition) is 4. The molecule has 1 saturated heterocycles. The van der Waals surface area contributed by atoms with Crippen molar-refractivity contribution >= 4 is 5.91 Å². The van der Waals surface area contributed by atoms with E-state index in [9.17, 15) is 4.79 Å². The Morgan fingerprint density at radius 3 is 2.95 bits per heavy atom. The molecule has 1 amide bonds. The summed E-state index contributed by atoms with van der Waals surface area (Å²) in [6.07, 6.45) is 5.03. The Kier molecular flexibility index (Phi) is 4.87. The molecule has 5 heteroatoms.